The van der Waals surface area contributed by atoms with Crippen LogP contribution in [0.5, 0.6) is 0 Å². The first-order valence-corrected chi connectivity index (χ1v) is 3.62. The summed E-state index contributed by atoms with van der Waals surface area (Å²) in [5, 5.41) is 8.30. The molecule has 1 aromatic rings. The number of hydrogen-bond donors (Lipinski definition) is 0. The van der Waals surface area contributed by atoms with Crippen LogP contribution in [0.3, 0.4) is 0 Å². The Morgan fingerprint density at radius 3 is 3.11 bits per heavy atom. The van der Waals surface area contributed by atoms with Crippen LogP contribution in [0.1, 0.15) is 11.4 Å². The van der Waals surface area contributed by atoms with Crippen molar-refractivity contribution >= 4 is 11.3 Å². The van der Waals surface area contributed by atoms with Gasteiger partial charge in [0.25, 0.3) is 0 Å². The predicted octanol–water partition coefficient (Wildman–Crippen LogP) is 1.44. The third kappa shape index (κ3) is 2.05. The van der Waals surface area contributed by atoms with E-state index in [1.165, 1.54) is 11.3 Å². The average molecular weight is 146 g/mol. The Balaban J connectivity index is 2.30. The molecule has 0 N–H and O–H groups in total. The van der Waals surface area contributed by atoms with E-state index in [1.54, 1.807) is 5.51 Å². The fraction of sp³-hybridized carbons (Fsp3) is 0.600. The van der Waals surface area contributed by atoms with E-state index in [2.05, 4.69) is 10.2 Å². The highest BCUT2D eigenvalue weighted by molar-refractivity contribution is 7.09. The van der Waals surface area contributed by atoms with Gasteiger partial charge in [0.15, 0.2) is 0 Å². The van der Waals surface area contributed by atoms with Crippen LogP contribution >= 0.6 is 11.3 Å². The molecule has 0 fully saturated rings. The summed E-state index contributed by atoms with van der Waals surface area (Å²) in [6.45, 7) is -0.264. The number of aryl methyl sites for hydroxylation is 1. The van der Waals surface area contributed by atoms with Crippen LogP contribution in [0.4, 0.5) is 4.39 Å². The van der Waals surface area contributed by atoms with Crippen LogP contribution in [0.25, 0.3) is 0 Å². The molecule has 50 valence electrons. The lowest BCUT2D eigenvalue weighted by Gasteiger charge is -1.85. The molecule has 1 rings (SSSR count). The molecule has 0 aliphatic rings. The minimum Gasteiger partial charge on any atom is -0.251 e. The summed E-state index contributed by atoms with van der Waals surface area (Å²) in [6, 6.07) is 0. The van der Waals surface area contributed by atoms with Crippen molar-refractivity contribution in [1.29, 1.82) is 0 Å². The van der Waals surface area contributed by atoms with E-state index in [-0.39, 0.29) is 6.67 Å². The normalized spacial score (nSPS) is 9.89. The van der Waals surface area contributed by atoms with Crippen LogP contribution in [0, 0.1) is 0 Å². The van der Waals surface area contributed by atoms with Crippen molar-refractivity contribution in [3.05, 3.63) is 10.5 Å². The van der Waals surface area contributed by atoms with Gasteiger partial charge in [-0.05, 0) is 6.42 Å². The van der Waals surface area contributed by atoms with Crippen molar-refractivity contribution in [3.8, 4) is 0 Å². The highest BCUT2D eigenvalue weighted by atomic mass is 32.1. The van der Waals surface area contributed by atoms with Crippen molar-refractivity contribution in [1.82, 2.24) is 10.2 Å². The van der Waals surface area contributed by atoms with Gasteiger partial charge in [-0.15, -0.1) is 21.5 Å². The number of halogens is 1. The number of alkyl halides is 1. The summed E-state index contributed by atoms with van der Waals surface area (Å²) in [4.78, 5) is 0. The van der Waals surface area contributed by atoms with Gasteiger partial charge in [0.1, 0.15) is 10.5 Å². The highest BCUT2D eigenvalue weighted by Crippen LogP contribution is 2.03. The zero-order valence-electron chi connectivity index (χ0n) is 4.88. The summed E-state index contributed by atoms with van der Waals surface area (Å²) in [5.41, 5.74) is 1.66. The predicted molar refractivity (Wildman–Crippen MR) is 34.2 cm³/mol. The molecule has 0 unspecified atom stereocenters. The molecule has 0 saturated carbocycles. The van der Waals surface area contributed by atoms with E-state index in [0.717, 1.165) is 11.4 Å². The van der Waals surface area contributed by atoms with Gasteiger partial charge >= 0.3 is 0 Å². The van der Waals surface area contributed by atoms with E-state index in [1.807, 2.05) is 0 Å². The number of nitrogens with zero attached hydrogens (tertiary/aromatic N) is 2. The van der Waals surface area contributed by atoms with Gasteiger partial charge in [-0.3, -0.25) is 4.39 Å². The lowest BCUT2D eigenvalue weighted by molar-refractivity contribution is 0.472. The van der Waals surface area contributed by atoms with E-state index in [9.17, 15) is 4.39 Å². The largest absolute Gasteiger partial charge is 0.251 e. The summed E-state index contributed by atoms with van der Waals surface area (Å²) in [7, 11) is 0. The zero-order chi connectivity index (χ0) is 6.53. The fourth-order valence-corrected chi connectivity index (χ4v) is 1.10. The van der Waals surface area contributed by atoms with Gasteiger partial charge in [-0.1, -0.05) is 0 Å². The molecule has 0 spiro atoms. The van der Waals surface area contributed by atoms with Gasteiger partial charge in [0, 0.05) is 6.42 Å². The minimum atomic E-state index is -0.264. The van der Waals surface area contributed by atoms with Gasteiger partial charge in [0.2, 0.25) is 0 Å². The van der Waals surface area contributed by atoms with Crippen molar-refractivity contribution in [2.45, 2.75) is 12.8 Å². The Kier molecular flexibility index (Phi) is 2.57. The third-order valence-electron chi connectivity index (χ3n) is 0.929. The zero-order valence-corrected chi connectivity index (χ0v) is 5.70. The van der Waals surface area contributed by atoms with E-state index >= 15 is 0 Å². The Bertz CT molecular complexity index is 152. The van der Waals surface area contributed by atoms with Crippen molar-refractivity contribution in [2.24, 2.45) is 0 Å². The van der Waals surface area contributed by atoms with Crippen LogP contribution < -0.4 is 0 Å². The Labute approximate surface area is 56.7 Å². The van der Waals surface area contributed by atoms with Crippen LogP contribution in [-0.4, -0.2) is 16.9 Å². The van der Waals surface area contributed by atoms with Gasteiger partial charge in [0.05, 0.1) is 6.67 Å². The second kappa shape index (κ2) is 3.50. The summed E-state index contributed by atoms with van der Waals surface area (Å²) in [6.07, 6.45) is 1.29. The summed E-state index contributed by atoms with van der Waals surface area (Å²) < 4.78 is 11.5. The Hall–Kier alpha value is -0.510. The van der Waals surface area contributed by atoms with Gasteiger partial charge < -0.3 is 0 Å². The molecule has 0 atom stereocenters. The molecule has 0 bridgehead atoms. The number of aromatic nitrogens is 2. The fourth-order valence-electron chi connectivity index (χ4n) is 0.523. The third-order valence-corrected chi connectivity index (χ3v) is 1.69. The molecule has 1 heterocycles. The molecule has 0 aliphatic carbocycles. The molecule has 0 amide bonds. The SMILES string of the molecule is FCCCc1nncs1. The first-order valence-electron chi connectivity index (χ1n) is 2.74. The minimum absolute atomic E-state index is 0.264. The highest BCUT2D eigenvalue weighted by Gasteiger charge is 1.93. The van der Waals surface area contributed by atoms with E-state index in [0.29, 0.717) is 6.42 Å². The quantitative estimate of drug-likeness (QED) is 0.644. The van der Waals surface area contributed by atoms with Gasteiger partial charge in [-0.25, -0.2) is 0 Å². The second-order valence-corrected chi connectivity index (χ2v) is 2.54. The standard InChI is InChI=1S/C5H7FN2S/c6-3-1-2-5-8-7-4-9-5/h4H,1-3H2. The lowest BCUT2D eigenvalue weighted by atomic mass is 10.3. The topological polar surface area (TPSA) is 25.8 Å². The van der Waals surface area contributed by atoms with Crippen LogP contribution in [0.15, 0.2) is 5.51 Å². The first-order chi connectivity index (χ1) is 4.43. The maximum atomic E-state index is 11.5. The summed E-state index contributed by atoms with van der Waals surface area (Å²) in [5.74, 6) is 0. The van der Waals surface area contributed by atoms with E-state index in [4.69, 9.17) is 0 Å². The van der Waals surface area contributed by atoms with E-state index < -0.39 is 0 Å². The van der Waals surface area contributed by atoms with Crippen molar-refractivity contribution in [2.75, 3.05) is 6.67 Å². The van der Waals surface area contributed by atoms with Crippen molar-refractivity contribution < 1.29 is 4.39 Å². The van der Waals surface area contributed by atoms with Crippen molar-refractivity contribution in [3.63, 3.8) is 0 Å². The van der Waals surface area contributed by atoms with Crippen LogP contribution in [0.2, 0.25) is 0 Å². The molecule has 1 aromatic heterocycles. The summed E-state index contributed by atoms with van der Waals surface area (Å²) >= 11 is 1.47. The molecule has 2 nitrogen and oxygen atoms in total. The lowest BCUT2D eigenvalue weighted by Crippen LogP contribution is -1.84. The molecule has 0 saturated heterocycles. The first kappa shape index (κ1) is 6.61. The molecular weight excluding hydrogens is 139 g/mol. The Morgan fingerprint density at radius 2 is 2.56 bits per heavy atom. The molecule has 0 aromatic carbocycles. The number of rotatable bonds is 3. The molecular formula is C5H7FN2S. The second-order valence-electron chi connectivity index (χ2n) is 1.63. The monoisotopic (exact) mass is 146 g/mol. The molecule has 4 heteroatoms. The maximum absolute atomic E-state index is 11.5. The maximum Gasteiger partial charge on any atom is 0.117 e. The molecule has 0 aliphatic heterocycles. The average Bonchev–Trinajstić information content (AvgIpc) is 2.34. The molecule has 0 radical (unpaired) electrons. The number of hydrogen-bond acceptors (Lipinski definition) is 3. The smallest absolute Gasteiger partial charge is 0.117 e. The van der Waals surface area contributed by atoms with Crippen LogP contribution in [-0.2, 0) is 6.42 Å². The molecule has 9 heavy (non-hydrogen) atoms. The Morgan fingerprint density at radius 1 is 1.67 bits per heavy atom. The van der Waals surface area contributed by atoms with Gasteiger partial charge in [-0.2, -0.15) is 0 Å².